The highest BCUT2D eigenvalue weighted by molar-refractivity contribution is 6.31. The van der Waals surface area contributed by atoms with E-state index in [1.807, 2.05) is 6.07 Å². The van der Waals surface area contributed by atoms with Gasteiger partial charge in [-0.15, -0.1) is 0 Å². The van der Waals surface area contributed by atoms with E-state index in [9.17, 15) is 9.59 Å². The molecule has 0 aromatic heterocycles. The lowest BCUT2D eigenvalue weighted by molar-refractivity contribution is -0.126. The van der Waals surface area contributed by atoms with Gasteiger partial charge in [-0.25, -0.2) is 0 Å². The average Bonchev–Trinajstić information content (AvgIpc) is 2.78. The monoisotopic (exact) mass is 295 g/mol. The van der Waals surface area contributed by atoms with Crippen LogP contribution in [-0.4, -0.2) is 30.9 Å². The summed E-state index contributed by atoms with van der Waals surface area (Å²) in [6.07, 6.45) is 1.60. The molecule has 0 radical (unpaired) electrons. The highest BCUT2D eigenvalue weighted by Gasteiger charge is 2.33. The first-order valence-corrected chi connectivity index (χ1v) is 7.06. The fourth-order valence-corrected chi connectivity index (χ4v) is 2.43. The molecule has 1 aliphatic rings. The number of nitrogens with two attached hydrogens (primary N) is 1. The van der Waals surface area contributed by atoms with Crippen LogP contribution < -0.4 is 16.0 Å². The lowest BCUT2D eigenvalue weighted by Gasteiger charge is -2.17. The van der Waals surface area contributed by atoms with Gasteiger partial charge in [-0.3, -0.25) is 9.59 Å². The summed E-state index contributed by atoms with van der Waals surface area (Å²) in [6, 6.07) is 6.70. The minimum atomic E-state index is -0.445. The van der Waals surface area contributed by atoms with E-state index in [0.717, 1.165) is 5.69 Å². The van der Waals surface area contributed by atoms with Crippen LogP contribution in [0.4, 0.5) is 5.69 Å². The molecule has 0 bridgehead atoms. The van der Waals surface area contributed by atoms with Crippen molar-refractivity contribution in [2.24, 2.45) is 5.73 Å². The van der Waals surface area contributed by atoms with Gasteiger partial charge in [0.1, 0.15) is 6.04 Å². The minimum Gasteiger partial charge on any atom is -0.344 e. The van der Waals surface area contributed by atoms with Gasteiger partial charge in [0.25, 0.3) is 0 Å². The lowest BCUT2D eigenvalue weighted by atomic mass is 10.2. The molecule has 1 fully saturated rings. The van der Waals surface area contributed by atoms with Crippen molar-refractivity contribution in [1.82, 2.24) is 5.32 Å². The Balaban J connectivity index is 1.97. The van der Waals surface area contributed by atoms with Crippen LogP contribution in [-0.2, 0) is 9.59 Å². The summed E-state index contributed by atoms with van der Waals surface area (Å²) in [7, 11) is 0. The van der Waals surface area contributed by atoms with Crippen molar-refractivity contribution in [1.29, 1.82) is 0 Å². The van der Waals surface area contributed by atoms with E-state index in [0.29, 0.717) is 37.4 Å². The maximum atomic E-state index is 12.3. The molecular weight excluding hydrogens is 278 g/mol. The van der Waals surface area contributed by atoms with Crippen molar-refractivity contribution in [3.63, 3.8) is 0 Å². The molecule has 5 nitrogen and oxygen atoms in total. The Kier molecular flexibility index (Phi) is 4.98. The Labute approximate surface area is 123 Å². The molecule has 0 saturated carbocycles. The van der Waals surface area contributed by atoms with E-state index in [1.54, 1.807) is 23.1 Å². The first-order valence-electron chi connectivity index (χ1n) is 6.68. The van der Waals surface area contributed by atoms with Gasteiger partial charge in [0.2, 0.25) is 11.8 Å². The van der Waals surface area contributed by atoms with Crippen LogP contribution >= 0.6 is 11.6 Å². The summed E-state index contributed by atoms with van der Waals surface area (Å²) in [5.41, 5.74) is 6.12. The smallest absolute Gasteiger partial charge is 0.249 e. The molecule has 6 heteroatoms. The fraction of sp³-hybridized carbons (Fsp3) is 0.429. The number of halogens is 1. The predicted octanol–water partition coefficient (Wildman–Crippen LogP) is 1.30. The van der Waals surface area contributed by atoms with Gasteiger partial charge in [-0.1, -0.05) is 17.7 Å². The summed E-state index contributed by atoms with van der Waals surface area (Å²) in [4.78, 5) is 25.6. The van der Waals surface area contributed by atoms with E-state index >= 15 is 0 Å². The summed E-state index contributed by atoms with van der Waals surface area (Å²) in [5, 5.41) is 3.35. The topological polar surface area (TPSA) is 75.4 Å². The number of amides is 2. The first kappa shape index (κ1) is 14.8. The Morgan fingerprint density at radius 2 is 2.30 bits per heavy atom. The second-order valence-electron chi connectivity index (χ2n) is 4.77. The summed E-state index contributed by atoms with van der Waals surface area (Å²) in [6.45, 7) is 1.06. The van der Waals surface area contributed by atoms with Crippen molar-refractivity contribution < 1.29 is 9.59 Å². The van der Waals surface area contributed by atoms with Crippen LogP contribution in [0.2, 0.25) is 5.02 Å². The molecule has 1 aliphatic heterocycles. The van der Waals surface area contributed by atoms with Gasteiger partial charge < -0.3 is 16.0 Å². The molecule has 1 atom stereocenters. The number of carbonyl (C=O) groups excluding carboxylic acids is 2. The molecule has 20 heavy (non-hydrogen) atoms. The zero-order valence-corrected chi connectivity index (χ0v) is 11.9. The van der Waals surface area contributed by atoms with Gasteiger partial charge in [0.15, 0.2) is 0 Å². The molecule has 0 spiro atoms. The second kappa shape index (κ2) is 6.72. The summed E-state index contributed by atoms with van der Waals surface area (Å²) < 4.78 is 0. The molecule has 1 aromatic rings. The van der Waals surface area contributed by atoms with E-state index < -0.39 is 6.04 Å². The standard InChI is InChI=1S/C14H18ClN3O2/c15-10-3-1-4-11(9-10)18-8-6-12(14(18)20)17-13(19)5-2-7-16/h1,3-4,9,12H,2,5-8,16H2,(H,17,19). The molecule has 1 unspecified atom stereocenters. The molecule has 1 aromatic carbocycles. The zero-order valence-electron chi connectivity index (χ0n) is 11.1. The largest absolute Gasteiger partial charge is 0.344 e. The third-order valence-electron chi connectivity index (χ3n) is 3.27. The number of rotatable bonds is 5. The molecule has 108 valence electrons. The van der Waals surface area contributed by atoms with Crippen LogP contribution in [0.5, 0.6) is 0 Å². The van der Waals surface area contributed by atoms with Gasteiger partial charge in [0, 0.05) is 23.7 Å². The molecular formula is C14H18ClN3O2. The van der Waals surface area contributed by atoms with E-state index in [1.165, 1.54) is 0 Å². The van der Waals surface area contributed by atoms with Crippen LogP contribution in [0.3, 0.4) is 0 Å². The van der Waals surface area contributed by atoms with Crippen molar-refractivity contribution >= 4 is 29.1 Å². The third-order valence-corrected chi connectivity index (χ3v) is 3.50. The maximum Gasteiger partial charge on any atom is 0.249 e. The van der Waals surface area contributed by atoms with Gasteiger partial charge in [-0.2, -0.15) is 0 Å². The van der Waals surface area contributed by atoms with Crippen LogP contribution in [0.25, 0.3) is 0 Å². The first-order chi connectivity index (χ1) is 9.61. The van der Waals surface area contributed by atoms with Crippen molar-refractivity contribution in [3.8, 4) is 0 Å². The summed E-state index contributed by atoms with van der Waals surface area (Å²) in [5.74, 6) is -0.213. The predicted molar refractivity (Wildman–Crippen MR) is 78.6 cm³/mol. The molecule has 2 rings (SSSR count). The van der Waals surface area contributed by atoms with Crippen molar-refractivity contribution in [3.05, 3.63) is 29.3 Å². The Bertz CT molecular complexity index is 507. The fourth-order valence-electron chi connectivity index (χ4n) is 2.24. The Morgan fingerprint density at radius 3 is 3.00 bits per heavy atom. The van der Waals surface area contributed by atoms with E-state index in [4.69, 9.17) is 17.3 Å². The number of hydrogen-bond acceptors (Lipinski definition) is 3. The van der Waals surface area contributed by atoms with Crippen LogP contribution in [0, 0.1) is 0 Å². The maximum absolute atomic E-state index is 12.3. The number of hydrogen-bond donors (Lipinski definition) is 2. The second-order valence-corrected chi connectivity index (χ2v) is 5.21. The van der Waals surface area contributed by atoms with Crippen LogP contribution in [0.15, 0.2) is 24.3 Å². The minimum absolute atomic E-state index is 0.0895. The lowest BCUT2D eigenvalue weighted by Crippen LogP contribution is -2.41. The Morgan fingerprint density at radius 1 is 1.50 bits per heavy atom. The number of carbonyl (C=O) groups is 2. The van der Waals surface area contributed by atoms with Crippen molar-refractivity contribution in [2.75, 3.05) is 18.0 Å². The molecule has 1 heterocycles. The molecule has 2 amide bonds. The van der Waals surface area contributed by atoms with Crippen LogP contribution in [0.1, 0.15) is 19.3 Å². The highest BCUT2D eigenvalue weighted by atomic mass is 35.5. The molecule has 1 saturated heterocycles. The molecule has 0 aliphatic carbocycles. The summed E-state index contributed by atoms with van der Waals surface area (Å²) >= 11 is 5.93. The number of benzene rings is 1. The normalized spacial score (nSPS) is 18.4. The van der Waals surface area contributed by atoms with E-state index in [2.05, 4.69) is 5.32 Å². The molecule has 3 N–H and O–H groups in total. The zero-order chi connectivity index (χ0) is 14.5. The van der Waals surface area contributed by atoms with E-state index in [-0.39, 0.29) is 11.8 Å². The van der Waals surface area contributed by atoms with Gasteiger partial charge >= 0.3 is 0 Å². The third kappa shape index (κ3) is 3.49. The number of nitrogens with zero attached hydrogens (tertiary/aromatic N) is 1. The van der Waals surface area contributed by atoms with Gasteiger partial charge in [0.05, 0.1) is 0 Å². The highest BCUT2D eigenvalue weighted by Crippen LogP contribution is 2.24. The number of anilines is 1. The van der Waals surface area contributed by atoms with Crippen molar-refractivity contribution in [2.45, 2.75) is 25.3 Å². The Hall–Kier alpha value is -1.59. The SMILES string of the molecule is NCCCC(=O)NC1CCN(c2cccc(Cl)c2)C1=O. The van der Waals surface area contributed by atoms with Gasteiger partial charge in [-0.05, 0) is 37.6 Å². The number of nitrogens with one attached hydrogen (secondary N) is 1. The average molecular weight is 296 g/mol. The quantitative estimate of drug-likeness (QED) is 0.860.